The molecule has 0 aliphatic carbocycles. The predicted molar refractivity (Wildman–Crippen MR) is 144 cm³/mol. The fourth-order valence-corrected chi connectivity index (χ4v) is 3.44. The Balaban J connectivity index is 1.54. The van der Waals surface area contributed by atoms with E-state index in [2.05, 4.69) is 21.2 Å². The van der Waals surface area contributed by atoms with Gasteiger partial charge in [0, 0.05) is 11.4 Å². The van der Waals surface area contributed by atoms with Gasteiger partial charge in [-0.15, -0.1) is 0 Å². The number of nitrogens with one attached hydrogen (secondary N) is 3. The van der Waals surface area contributed by atoms with Crippen LogP contribution in [-0.2, 0) is 20.8 Å². The van der Waals surface area contributed by atoms with E-state index >= 15 is 0 Å². The maximum absolute atomic E-state index is 12.2. The normalized spacial score (nSPS) is 10.6. The number of ether oxygens (including phenoxy) is 2. The zero-order valence-electron chi connectivity index (χ0n) is 20.0. The van der Waals surface area contributed by atoms with Crippen molar-refractivity contribution < 1.29 is 23.9 Å². The molecule has 192 valence electrons. The molecule has 11 heteroatoms. The minimum atomic E-state index is -0.915. The van der Waals surface area contributed by atoms with Crippen molar-refractivity contribution in [3.63, 3.8) is 0 Å². The van der Waals surface area contributed by atoms with Gasteiger partial charge in [-0.25, -0.2) is 5.43 Å². The van der Waals surface area contributed by atoms with Crippen LogP contribution < -0.4 is 25.5 Å². The number of rotatable bonds is 9. The molecule has 3 rings (SSSR count). The molecular weight excluding hydrogens is 519 g/mol. The van der Waals surface area contributed by atoms with E-state index in [1.54, 1.807) is 42.5 Å². The summed E-state index contributed by atoms with van der Waals surface area (Å²) in [4.78, 5) is 36.5. The van der Waals surface area contributed by atoms with E-state index in [0.29, 0.717) is 44.9 Å². The monoisotopic (exact) mass is 542 g/mol. The third-order valence-corrected chi connectivity index (χ3v) is 5.72. The van der Waals surface area contributed by atoms with Gasteiger partial charge in [0.05, 0.1) is 23.4 Å². The van der Waals surface area contributed by atoms with E-state index in [4.69, 9.17) is 32.7 Å². The number of amides is 3. The molecule has 0 unspecified atom stereocenters. The van der Waals surface area contributed by atoms with Crippen LogP contribution in [0.5, 0.6) is 11.5 Å². The van der Waals surface area contributed by atoms with Crippen molar-refractivity contribution in [1.82, 2.24) is 5.43 Å². The maximum Gasteiger partial charge on any atom is 0.329 e. The molecule has 0 spiro atoms. The second-order valence-electron chi connectivity index (χ2n) is 7.54. The number of benzene rings is 3. The maximum atomic E-state index is 12.2. The lowest BCUT2D eigenvalue weighted by atomic mass is 10.1. The number of hydrogen-bond acceptors (Lipinski definition) is 6. The Kier molecular flexibility index (Phi) is 9.88. The minimum absolute atomic E-state index is 0.281. The van der Waals surface area contributed by atoms with E-state index < -0.39 is 17.7 Å². The van der Waals surface area contributed by atoms with Crippen LogP contribution >= 0.6 is 23.2 Å². The molecule has 0 atom stereocenters. The Bertz CT molecular complexity index is 1330. The van der Waals surface area contributed by atoms with Crippen molar-refractivity contribution in [2.75, 3.05) is 24.4 Å². The number of aryl methyl sites for hydroxylation is 1. The molecule has 0 aliphatic heterocycles. The molecule has 3 aromatic rings. The average molecular weight is 543 g/mol. The van der Waals surface area contributed by atoms with Crippen molar-refractivity contribution in [3.8, 4) is 11.5 Å². The Labute approximate surface area is 223 Å². The van der Waals surface area contributed by atoms with Crippen molar-refractivity contribution in [3.05, 3.63) is 81.8 Å². The van der Waals surface area contributed by atoms with E-state index in [9.17, 15) is 14.4 Å². The smallest absolute Gasteiger partial charge is 0.329 e. The van der Waals surface area contributed by atoms with Crippen molar-refractivity contribution in [1.29, 1.82) is 0 Å². The van der Waals surface area contributed by atoms with Gasteiger partial charge in [-0.05, 0) is 60.0 Å². The molecule has 0 aromatic heterocycles. The number of hydrazone groups is 1. The van der Waals surface area contributed by atoms with Gasteiger partial charge in [0.15, 0.2) is 18.1 Å². The number of carbonyl (C=O) groups is 3. The van der Waals surface area contributed by atoms with Crippen LogP contribution in [0.15, 0.2) is 65.8 Å². The Morgan fingerprint density at radius 2 is 1.70 bits per heavy atom. The molecule has 0 heterocycles. The summed E-state index contributed by atoms with van der Waals surface area (Å²) >= 11 is 11.8. The van der Waals surface area contributed by atoms with Crippen molar-refractivity contribution in [2.45, 2.75) is 13.3 Å². The van der Waals surface area contributed by atoms with Gasteiger partial charge in [0.1, 0.15) is 0 Å². The highest BCUT2D eigenvalue weighted by Gasteiger charge is 2.14. The molecule has 0 bridgehead atoms. The average Bonchev–Trinajstić information content (AvgIpc) is 2.90. The fourth-order valence-electron chi connectivity index (χ4n) is 3.14. The molecule has 9 nitrogen and oxygen atoms in total. The number of hydrogen-bond donors (Lipinski definition) is 3. The van der Waals surface area contributed by atoms with E-state index in [0.717, 1.165) is 5.56 Å². The molecular formula is C26H24Cl2N4O5. The largest absolute Gasteiger partial charge is 0.493 e. The van der Waals surface area contributed by atoms with Gasteiger partial charge < -0.3 is 20.1 Å². The molecule has 0 radical (unpaired) electrons. The standard InChI is InChI=1S/C26H24Cl2N4O5/c1-3-17-6-4-5-7-21(17)31-25(34)26(35)32-29-14-16-8-11-22(23(12-16)36-2)37-15-24(33)30-18-9-10-19(27)20(28)13-18/h4-14H,3,15H2,1-2H3,(H,30,33)(H,31,34)(H,32,35)/b29-14-. The molecule has 0 aliphatic rings. The molecule has 3 amide bonds. The Hall–Kier alpha value is -4.08. The first-order valence-corrected chi connectivity index (χ1v) is 11.8. The highest BCUT2D eigenvalue weighted by atomic mass is 35.5. The second kappa shape index (κ2) is 13.3. The summed E-state index contributed by atoms with van der Waals surface area (Å²) in [7, 11) is 1.44. The Morgan fingerprint density at radius 1 is 0.919 bits per heavy atom. The predicted octanol–water partition coefficient (Wildman–Crippen LogP) is 4.67. The number of carbonyl (C=O) groups excluding carboxylic acids is 3. The van der Waals surface area contributed by atoms with Gasteiger partial charge in [-0.2, -0.15) is 5.10 Å². The van der Waals surface area contributed by atoms with Crippen molar-refractivity contribution in [2.24, 2.45) is 5.10 Å². The summed E-state index contributed by atoms with van der Waals surface area (Å²) in [6, 6.07) is 16.8. The minimum Gasteiger partial charge on any atom is -0.493 e. The molecule has 0 fully saturated rings. The SMILES string of the molecule is CCc1ccccc1NC(=O)C(=O)N/N=C\c1ccc(OCC(=O)Nc2ccc(Cl)c(Cl)c2)c(OC)c1. The first kappa shape index (κ1) is 27.5. The fraction of sp³-hybridized carbons (Fsp3) is 0.154. The van der Waals surface area contributed by atoms with E-state index in [-0.39, 0.29) is 6.61 Å². The topological polar surface area (TPSA) is 118 Å². The van der Waals surface area contributed by atoms with Crippen LogP contribution in [0.3, 0.4) is 0 Å². The molecule has 0 saturated heterocycles. The van der Waals surface area contributed by atoms with Crippen LogP contribution in [0.25, 0.3) is 0 Å². The van der Waals surface area contributed by atoms with Crippen molar-refractivity contribution >= 4 is 58.5 Å². The summed E-state index contributed by atoms with van der Waals surface area (Å²) in [5.41, 5.74) is 4.70. The molecule has 37 heavy (non-hydrogen) atoms. The lowest BCUT2D eigenvalue weighted by molar-refractivity contribution is -0.136. The summed E-state index contributed by atoms with van der Waals surface area (Å²) < 4.78 is 10.9. The summed E-state index contributed by atoms with van der Waals surface area (Å²) in [5.74, 6) is -1.50. The zero-order valence-corrected chi connectivity index (χ0v) is 21.5. The number of nitrogens with zero attached hydrogens (tertiary/aromatic N) is 1. The lowest BCUT2D eigenvalue weighted by Crippen LogP contribution is -2.32. The summed E-state index contributed by atoms with van der Waals surface area (Å²) in [5, 5.41) is 9.75. The third-order valence-electron chi connectivity index (χ3n) is 4.98. The van der Waals surface area contributed by atoms with Crippen LogP contribution in [0, 0.1) is 0 Å². The number of halogens is 2. The number of para-hydroxylation sites is 1. The first-order chi connectivity index (χ1) is 17.8. The summed E-state index contributed by atoms with van der Waals surface area (Å²) in [6.45, 7) is 1.67. The van der Waals surface area contributed by atoms with Gasteiger partial charge in [-0.3, -0.25) is 14.4 Å². The first-order valence-electron chi connectivity index (χ1n) is 11.1. The second-order valence-corrected chi connectivity index (χ2v) is 8.35. The van der Waals surface area contributed by atoms with Gasteiger partial charge in [0.25, 0.3) is 5.91 Å². The quantitative estimate of drug-likeness (QED) is 0.206. The van der Waals surface area contributed by atoms with E-state index in [1.807, 2.05) is 19.1 Å². The highest BCUT2D eigenvalue weighted by molar-refractivity contribution is 6.42. The van der Waals surface area contributed by atoms with Gasteiger partial charge in [0.2, 0.25) is 0 Å². The molecule has 3 N–H and O–H groups in total. The third kappa shape index (κ3) is 7.96. The van der Waals surface area contributed by atoms with Crippen LogP contribution in [0.1, 0.15) is 18.1 Å². The van der Waals surface area contributed by atoms with Crippen LogP contribution in [-0.4, -0.2) is 37.7 Å². The number of methoxy groups -OCH3 is 1. The Morgan fingerprint density at radius 3 is 2.43 bits per heavy atom. The lowest BCUT2D eigenvalue weighted by Gasteiger charge is -2.12. The highest BCUT2D eigenvalue weighted by Crippen LogP contribution is 2.28. The zero-order chi connectivity index (χ0) is 26.8. The van der Waals surface area contributed by atoms with E-state index in [1.165, 1.54) is 19.4 Å². The number of anilines is 2. The molecule has 0 saturated carbocycles. The summed E-state index contributed by atoms with van der Waals surface area (Å²) in [6.07, 6.45) is 2.05. The van der Waals surface area contributed by atoms with Gasteiger partial charge in [-0.1, -0.05) is 48.3 Å². The van der Waals surface area contributed by atoms with Gasteiger partial charge >= 0.3 is 11.8 Å². The van der Waals surface area contributed by atoms with Crippen LogP contribution in [0.2, 0.25) is 10.0 Å². The van der Waals surface area contributed by atoms with Crippen LogP contribution in [0.4, 0.5) is 11.4 Å². The molecule has 3 aromatic carbocycles.